The molecule has 1 N–H and O–H groups in total. The summed E-state index contributed by atoms with van der Waals surface area (Å²) in [5.74, 6) is 0.632. The summed E-state index contributed by atoms with van der Waals surface area (Å²) < 4.78 is 0. The van der Waals surface area contributed by atoms with Gasteiger partial charge in [0.25, 0.3) is 0 Å². The van der Waals surface area contributed by atoms with E-state index in [1.807, 2.05) is 13.8 Å². The van der Waals surface area contributed by atoms with Gasteiger partial charge in [-0.2, -0.15) is 0 Å². The van der Waals surface area contributed by atoms with E-state index in [0.29, 0.717) is 11.5 Å². The van der Waals surface area contributed by atoms with Crippen molar-refractivity contribution in [3.05, 3.63) is 35.5 Å². The van der Waals surface area contributed by atoms with Crippen LogP contribution in [0.1, 0.15) is 37.7 Å². The van der Waals surface area contributed by atoms with Crippen molar-refractivity contribution in [2.45, 2.75) is 46.7 Å². The standard InChI is InChI=1S/C15H21N5/c1-10-12(8-18-15(3,4)5)11(2)20-14(19-10)13-9-16-6-7-17-13/h6-7,9,18H,8H2,1-5H3. The Bertz CT molecular complexity index is 564. The number of aromatic nitrogens is 4. The first-order valence-corrected chi connectivity index (χ1v) is 6.72. The molecular weight excluding hydrogens is 250 g/mol. The third-order valence-corrected chi connectivity index (χ3v) is 3.01. The molecule has 20 heavy (non-hydrogen) atoms. The molecule has 2 heterocycles. The van der Waals surface area contributed by atoms with Crippen molar-refractivity contribution < 1.29 is 0 Å². The van der Waals surface area contributed by atoms with E-state index < -0.39 is 0 Å². The minimum atomic E-state index is 0.0719. The van der Waals surface area contributed by atoms with Crippen molar-refractivity contribution >= 4 is 0 Å². The summed E-state index contributed by atoms with van der Waals surface area (Å²) in [4.78, 5) is 17.4. The normalized spacial score (nSPS) is 11.7. The molecule has 2 aromatic rings. The largest absolute Gasteiger partial charge is 0.308 e. The number of aryl methyl sites for hydroxylation is 2. The monoisotopic (exact) mass is 271 g/mol. The van der Waals surface area contributed by atoms with Crippen molar-refractivity contribution in [2.75, 3.05) is 0 Å². The Morgan fingerprint density at radius 3 is 2.20 bits per heavy atom. The highest BCUT2D eigenvalue weighted by molar-refractivity contribution is 5.48. The number of hydrogen-bond donors (Lipinski definition) is 1. The van der Waals surface area contributed by atoms with Crippen LogP contribution in [0.3, 0.4) is 0 Å². The maximum absolute atomic E-state index is 4.55. The Labute approximate surface area is 119 Å². The van der Waals surface area contributed by atoms with Crippen molar-refractivity contribution in [2.24, 2.45) is 0 Å². The van der Waals surface area contributed by atoms with Crippen LogP contribution in [0.5, 0.6) is 0 Å². The summed E-state index contributed by atoms with van der Waals surface area (Å²) in [6, 6.07) is 0. The zero-order valence-corrected chi connectivity index (χ0v) is 12.7. The van der Waals surface area contributed by atoms with E-state index in [2.05, 4.69) is 46.0 Å². The quantitative estimate of drug-likeness (QED) is 0.929. The van der Waals surface area contributed by atoms with Gasteiger partial charge in [0.05, 0.1) is 6.20 Å². The molecule has 0 aliphatic carbocycles. The van der Waals surface area contributed by atoms with Gasteiger partial charge in [-0.15, -0.1) is 0 Å². The van der Waals surface area contributed by atoms with Crippen LogP contribution in [-0.2, 0) is 6.54 Å². The molecule has 0 saturated carbocycles. The van der Waals surface area contributed by atoms with Crippen LogP contribution in [0, 0.1) is 13.8 Å². The van der Waals surface area contributed by atoms with Gasteiger partial charge < -0.3 is 5.32 Å². The fraction of sp³-hybridized carbons (Fsp3) is 0.467. The second-order valence-corrected chi connectivity index (χ2v) is 5.89. The van der Waals surface area contributed by atoms with E-state index in [1.54, 1.807) is 18.6 Å². The van der Waals surface area contributed by atoms with Crippen molar-refractivity contribution in [3.63, 3.8) is 0 Å². The lowest BCUT2D eigenvalue weighted by atomic mass is 10.1. The molecular formula is C15H21N5. The van der Waals surface area contributed by atoms with Gasteiger partial charge in [0.2, 0.25) is 0 Å². The molecule has 0 radical (unpaired) electrons. The minimum Gasteiger partial charge on any atom is -0.308 e. The Morgan fingerprint density at radius 1 is 1.05 bits per heavy atom. The minimum absolute atomic E-state index is 0.0719. The lowest BCUT2D eigenvalue weighted by Gasteiger charge is -2.21. The molecule has 0 aromatic carbocycles. The van der Waals surface area contributed by atoms with Crippen LogP contribution >= 0.6 is 0 Å². The molecule has 0 bridgehead atoms. The van der Waals surface area contributed by atoms with Crippen LogP contribution < -0.4 is 5.32 Å². The first kappa shape index (κ1) is 14.5. The van der Waals surface area contributed by atoms with E-state index in [-0.39, 0.29) is 5.54 Å². The maximum atomic E-state index is 4.55. The van der Waals surface area contributed by atoms with Gasteiger partial charge in [-0.25, -0.2) is 15.0 Å². The van der Waals surface area contributed by atoms with Crippen LogP contribution in [-0.4, -0.2) is 25.5 Å². The maximum Gasteiger partial charge on any atom is 0.180 e. The summed E-state index contributed by atoms with van der Waals surface area (Å²) >= 11 is 0. The Kier molecular flexibility index (Phi) is 4.09. The topological polar surface area (TPSA) is 63.6 Å². The molecule has 0 spiro atoms. The summed E-state index contributed by atoms with van der Waals surface area (Å²) in [5.41, 5.74) is 3.88. The first-order valence-electron chi connectivity index (χ1n) is 6.72. The zero-order chi connectivity index (χ0) is 14.8. The van der Waals surface area contributed by atoms with Gasteiger partial charge in [0.15, 0.2) is 5.82 Å². The van der Waals surface area contributed by atoms with Gasteiger partial charge >= 0.3 is 0 Å². The van der Waals surface area contributed by atoms with Crippen LogP contribution in [0.15, 0.2) is 18.6 Å². The molecule has 0 amide bonds. The fourth-order valence-electron chi connectivity index (χ4n) is 1.88. The summed E-state index contributed by atoms with van der Waals surface area (Å²) in [7, 11) is 0. The van der Waals surface area contributed by atoms with E-state index in [4.69, 9.17) is 0 Å². The molecule has 5 heteroatoms. The average molecular weight is 271 g/mol. The number of nitrogens with one attached hydrogen (secondary N) is 1. The van der Waals surface area contributed by atoms with Crippen molar-refractivity contribution in [3.8, 4) is 11.5 Å². The lowest BCUT2D eigenvalue weighted by Crippen LogP contribution is -2.35. The zero-order valence-electron chi connectivity index (χ0n) is 12.7. The second-order valence-electron chi connectivity index (χ2n) is 5.89. The van der Waals surface area contributed by atoms with Gasteiger partial charge in [-0.05, 0) is 34.6 Å². The molecule has 0 aliphatic heterocycles. The van der Waals surface area contributed by atoms with E-state index in [1.165, 1.54) is 0 Å². The van der Waals surface area contributed by atoms with Crippen LogP contribution in [0.25, 0.3) is 11.5 Å². The summed E-state index contributed by atoms with van der Waals surface area (Å²) in [6.45, 7) is 11.2. The molecule has 2 aromatic heterocycles. The van der Waals surface area contributed by atoms with E-state index in [9.17, 15) is 0 Å². The third kappa shape index (κ3) is 3.57. The average Bonchev–Trinajstić information content (AvgIpc) is 2.37. The van der Waals surface area contributed by atoms with Gasteiger partial charge in [0.1, 0.15) is 5.69 Å². The molecule has 0 saturated heterocycles. The molecule has 0 atom stereocenters. The molecule has 0 fully saturated rings. The summed E-state index contributed by atoms with van der Waals surface area (Å²) in [6.07, 6.45) is 4.98. The molecule has 5 nitrogen and oxygen atoms in total. The number of hydrogen-bond acceptors (Lipinski definition) is 5. The van der Waals surface area contributed by atoms with E-state index >= 15 is 0 Å². The molecule has 0 unspecified atom stereocenters. The van der Waals surface area contributed by atoms with Gasteiger partial charge in [-0.1, -0.05) is 0 Å². The SMILES string of the molecule is Cc1nc(-c2cnccn2)nc(C)c1CNC(C)(C)C. The number of nitrogens with zero attached hydrogens (tertiary/aromatic N) is 4. The van der Waals surface area contributed by atoms with Crippen molar-refractivity contribution in [1.82, 2.24) is 25.3 Å². The highest BCUT2D eigenvalue weighted by Crippen LogP contribution is 2.17. The van der Waals surface area contributed by atoms with Crippen molar-refractivity contribution in [1.29, 1.82) is 0 Å². The predicted molar refractivity (Wildman–Crippen MR) is 79.1 cm³/mol. The molecule has 0 aliphatic rings. The van der Waals surface area contributed by atoms with Gasteiger partial charge in [0, 0.05) is 41.4 Å². The second kappa shape index (κ2) is 5.63. The van der Waals surface area contributed by atoms with Gasteiger partial charge in [-0.3, -0.25) is 4.98 Å². The predicted octanol–water partition coefficient (Wildman–Crippen LogP) is 2.44. The Balaban J connectivity index is 2.30. The number of rotatable bonds is 3. The first-order chi connectivity index (χ1) is 9.37. The van der Waals surface area contributed by atoms with Crippen LogP contribution in [0.2, 0.25) is 0 Å². The van der Waals surface area contributed by atoms with Crippen LogP contribution in [0.4, 0.5) is 0 Å². The lowest BCUT2D eigenvalue weighted by molar-refractivity contribution is 0.422. The highest BCUT2D eigenvalue weighted by Gasteiger charge is 2.14. The summed E-state index contributed by atoms with van der Waals surface area (Å²) in [5, 5.41) is 3.47. The molecule has 106 valence electrons. The Hall–Kier alpha value is -1.88. The fourth-order valence-corrected chi connectivity index (χ4v) is 1.88. The smallest absolute Gasteiger partial charge is 0.180 e. The highest BCUT2D eigenvalue weighted by atomic mass is 15.0. The van der Waals surface area contributed by atoms with E-state index in [0.717, 1.165) is 23.5 Å². The third-order valence-electron chi connectivity index (χ3n) is 3.01. The molecule has 2 rings (SSSR count). The Morgan fingerprint density at radius 2 is 1.70 bits per heavy atom.